The molecule has 0 fully saturated rings. The van der Waals surface area contributed by atoms with Crippen molar-refractivity contribution in [3.05, 3.63) is 34.4 Å². The van der Waals surface area contributed by atoms with Crippen LogP contribution in [0.5, 0.6) is 0 Å². The molecular weight excluding hydrogens is 154 g/mol. The molecule has 60 valence electrons. The fraction of sp³-hybridized carbons (Fsp3) is 0.125. The summed E-state index contributed by atoms with van der Waals surface area (Å²) in [5, 5.41) is 8.50. The first-order chi connectivity index (χ1) is 5.77. The molecule has 0 saturated carbocycles. The summed E-state index contributed by atoms with van der Waals surface area (Å²) < 4.78 is 0. The van der Waals surface area contributed by atoms with Crippen molar-refractivity contribution in [1.29, 1.82) is 0 Å². The number of fused-ring (bicyclic) bond motifs is 1. The molecule has 0 saturated heterocycles. The SMILES string of the molecule is Cc1nncc2ccc(=O)[nH]c12. The minimum absolute atomic E-state index is 0.112. The summed E-state index contributed by atoms with van der Waals surface area (Å²) in [6, 6.07) is 3.21. The monoisotopic (exact) mass is 161 g/mol. The zero-order valence-electron chi connectivity index (χ0n) is 6.53. The van der Waals surface area contributed by atoms with Gasteiger partial charge in [-0.3, -0.25) is 4.79 Å². The van der Waals surface area contributed by atoms with E-state index in [0.717, 1.165) is 16.6 Å². The van der Waals surface area contributed by atoms with Gasteiger partial charge in [-0.2, -0.15) is 10.2 Å². The molecule has 0 aromatic carbocycles. The third-order valence-corrected chi connectivity index (χ3v) is 1.72. The van der Waals surface area contributed by atoms with Crippen LogP contribution in [0.25, 0.3) is 10.9 Å². The molecule has 2 aromatic rings. The van der Waals surface area contributed by atoms with Crippen LogP contribution >= 0.6 is 0 Å². The molecule has 12 heavy (non-hydrogen) atoms. The number of nitrogens with zero attached hydrogens (tertiary/aromatic N) is 2. The van der Waals surface area contributed by atoms with Crippen LogP contribution in [0.2, 0.25) is 0 Å². The van der Waals surface area contributed by atoms with Gasteiger partial charge in [0.05, 0.1) is 17.4 Å². The first-order valence-electron chi connectivity index (χ1n) is 3.59. The lowest BCUT2D eigenvalue weighted by Gasteiger charge is -1.96. The molecule has 2 heterocycles. The average Bonchev–Trinajstić information content (AvgIpc) is 2.07. The standard InChI is InChI=1S/C8H7N3O/c1-5-8-6(4-9-11-5)2-3-7(12)10-8/h2-4H,1H3,(H,10,12). The summed E-state index contributed by atoms with van der Waals surface area (Å²) in [5.74, 6) is 0. The maximum absolute atomic E-state index is 10.9. The van der Waals surface area contributed by atoms with E-state index in [2.05, 4.69) is 15.2 Å². The smallest absolute Gasteiger partial charge is 0.248 e. The second-order valence-corrected chi connectivity index (χ2v) is 2.58. The highest BCUT2D eigenvalue weighted by Crippen LogP contribution is 2.08. The molecule has 0 aliphatic rings. The van der Waals surface area contributed by atoms with E-state index in [4.69, 9.17) is 0 Å². The van der Waals surface area contributed by atoms with Crippen molar-refractivity contribution in [2.24, 2.45) is 0 Å². The molecule has 2 aromatic heterocycles. The fourth-order valence-corrected chi connectivity index (χ4v) is 1.12. The summed E-state index contributed by atoms with van der Waals surface area (Å²) in [7, 11) is 0. The predicted octanol–water partition coefficient (Wildman–Crippen LogP) is 0.627. The van der Waals surface area contributed by atoms with Gasteiger partial charge in [-0.1, -0.05) is 0 Å². The number of pyridine rings is 1. The van der Waals surface area contributed by atoms with Crippen molar-refractivity contribution < 1.29 is 0 Å². The number of rotatable bonds is 0. The van der Waals surface area contributed by atoms with Gasteiger partial charge in [0.15, 0.2) is 0 Å². The number of aromatic nitrogens is 3. The van der Waals surface area contributed by atoms with Gasteiger partial charge < -0.3 is 4.98 Å². The van der Waals surface area contributed by atoms with Crippen molar-refractivity contribution in [3.8, 4) is 0 Å². The topological polar surface area (TPSA) is 58.6 Å². The number of hydrogen-bond donors (Lipinski definition) is 1. The second-order valence-electron chi connectivity index (χ2n) is 2.58. The van der Waals surface area contributed by atoms with Crippen molar-refractivity contribution >= 4 is 10.9 Å². The maximum atomic E-state index is 10.9. The third-order valence-electron chi connectivity index (χ3n) is 1.72. The van der Waals surface area contributed by atoms with E-state index in [1.54, 1.807) is 12.3 Å². The Morgan fingerprint density at radius 3 is 3.08 bits per heavy atom. The Morgan fingerprint density at radius 2 is 2.25 bits per heavy atom. The summed E-state index contributed by atoms with van der Waals surface area (Å²) in [6.07, 6.45) is 1.62. The zero-order valence-corrected chi connectivity index (χ0v) is 6.53. The lowest BCUT2D eigenvalue weighted by atomic mass is 10.2. The molecule has 0 aliphatic carbocycles. The van der Waals surface area contributed by atoms with E-state index < -0.39 is 0 Å². The van der Waals surface area contributed by atoms with Gasteiger partial charge in [0.1, 0.15) is 0 Å². The van der Waals surface area contributed by atoms with Crippen molar-refractivity contribution in [3.63, 3.8) is 0 Å². The van der Waals surface area contributed by atoms with Crippen LogP contribution in [0.1, 0.15) is 5.69 Å². The summed E-state index contributed by atoms with van der Waals surface area (Å²) in [4.78, 5) is 13.6. The molecule has 0 unspecified atom stereocenters. The van der Waals surface area contributed by atoms with Crippen molar-refractivity contribution in [2.45, 2.75) is 6.92 Å². The minimum atomic E-state index is -0.112. The Hall–Kier alpha value is -1.71. The average molecular weight is 161 g/mol. The molecule has 4 heteroatoms. The van der Waals surface area contributed by atoms with Gasteiger partial charge in [0, 0.05) is 11.5 Å². The minimum Gasteiger partial charge on any atom is -0.320 e. The molecular formula is C8H7N3O. The van der Waals surface area contributed by atoms with E-state index in [1.165, 1.54) is 6.07 Å². The number of aryl methyl sites for hydroxylation is 1. The quantitative estimate of drug-likeness (QED) is 0.616. The Morgan fingerprint density at radius 1 is 1.42 bits per heavy atom. The Labute approximate surface area is 68.3 Å². The van der Waals surface area contributed by atoms with Gasteiger partial charge >= 0.3 is 0 Å². The normalized spacial score (nSPS) is 10.4. The van der Waals surface area contributed by atoms with Crippen molar-refractivity contribution in [2.75, 3.05) is 0 Å². The molecule has 1 N–H and O–H groups in total. The fourth-order valence-electron chi connectivity index (χ4n) is 1.12. The second kappa shape index (κ2) is 2.41. The molecule has 0 bridgehead atoms. The largest absolute Gasteiger partial charge is 0.320 e. The van der Waals surface area contributed by atoms with Crippen LogP contribution in [0.3, 0.4) is 0 Å². The van der Waals surface area contributed by atoms with Gasteiger partial charge in [0.2, 0.25) is 5.56 Å². The number of H-pyrrole nitrogens is 1. The van der Waals surface area contributed by atoms with E-state index >= 15 is 0 Å². The van der Waals surface area contributed by atoms with Gasteiger partial charge in [-0.15, -0.1) is 0 Å². The predicted molar refractivity (Wildman–Crippen MR) is 44.9 cm³/mol. The summed E-state index contributed by atoms with van der Waals surface area (Å²) in [5.41, 5.74) is 1.39. The van der Waals surface area contributed by atoms with Gasteiger partial charge in [-0.25, -0.2) is 0 Å². The Balaban J connectivity index is 2.97. The molecule has 0 amide bonds. The number of aromatic amines is 1. The van der Waals surface area contributed by atoms with Crippen LogP contribution in [0.15, 0.2) is 23.1 Å². The van der Waals surface area contributed by atoms with Gasteiger partial charge in [0.25, 0.3) is 0 Å². The van der Waals surface area contributed by atoms with E-state index in [-0.39, 0.29) is 5.56 Å². The van der Waals surface area contributed by atoms with Crippen molar-refractivity contribution in [1.82, 2.24) is 15.2 Å². The molecule has 2 rings (SSSR count). The van der Waals surface area contributed by atoms with Crippen LogP contribution in [0.4, 0.5) is 0 Å². The highest BCUT2D eigenvalue weighted by molar-refractivity contribution is 5.78. The number of hydrogen-bond acceptors (Lipinski definition) is 3. The van der Waals surface area contributed by atoms with Crippen LogP contribution in [-0.2, 0) is 0 Å². The maximum Gasteiger partial charge on any atom is 0.248 e. The lowest BCUT2D eigenvalue weighted by Crippen LogP contribution is -2.04. The summed E-state index contributed by atoms with van der Waals surface area (Å²) >= 11 is 0. The summed E-state index contributed by atoms with van der Waals surface area (Å²) in [6.45, 7) is 1.81. The Bertz CT molecular complexity index is 475. The Kier molecular flexibility index (Phi) is 1.40. The zero-order chi connectivity index (χ0) is 8.55. The lowest BCUT2D eigenvalue weighted by molar-refractivity contribution is 0.992. The van der Waals surface area contributed by atoms with Gasteiger partial charge in [-0.05, 0) is 13.0 Å². The molecule has 0 radical (unpaired) electrons. The first kappa shape index (κ1) is 6.97. The van der Waals surface area contributed by atoms with Crippen LogP contribution < -0.4 is 5.56 Å². The molecule has 0 atom stereocenters. The molecule has 0 spiro atoms. The van der Waals surface area contributed by atoms with Crippen LogP contribution in [-0.4, -0.2) is 15.2 Å². The van der Waals surface area contributed by atoms with Crippen LogP contribution in [0, 0.1) is 6.92 Å². The van der Waals surface area contributed by atoms with E-state index in [0.29, 0.717) is 0 Å². The number of nitrogens with one attached hydrogen (secondary N) is 1. The third kappa shape index (κ3) is 0.972. The first-order valence-corrected chi connectivity index (χ1v) is 3.59. The highest BCUT2D eigenvalue weighted by Gasteiger charge is 1.97. The molecule has 0 aliphatic heterocycles. The molecule has 4 nitrogen and oxygen atoms in total. The van der Waals surface area contributed by atoms with E-state index in [9.17, 15) is 4.79 Å². The van der Waals surface area contributed by atoms with E-state index in [1.807, 2.05) is 6.92 Å². The highest BCUT2D eigenvalue weighted by atomic mass is 16.1.